The second kappa shape index (κ2) is 8.15. The number of hydrogen-bond donors (Lipinski definition) is 3. The van der Waals surface area contributed by atoms with Crippen LogP contribution in [0, 0.1) is 0 Å². The van der Waals surface area contributed by atoms with Gasteiger partial charge >= 0.3 is 0 Å². The van der Waals surface area contributed by atoms with Crippen molar-refractivity contribution in [3.05, 3.63) is 0 Å². The molecule has 0 aliphatic rings. The van der Waals surface area contributed by atoms with Crippen LogP contribution in [-0.2, 0) is 0 Å². The minimum atomic E-state index is -0.891. The van der Waals surface area contributed by atoms with E-state index in [1.54, 1.807) is 0 Å². The minimum Gasteiger partial charge on any atom is -0.393 e. The van der Waals surface area contributed by atoms with Crippen LogP contribution < -0.4 is 11.1 Å². The first kappa shape index (κ1) is 13.8. The summed E-state index contributed by atoms with van der Waals surface area (Å²) in [4.78, 5) is 0. The third kappa shape index (κ3) is 6.29. The number of aliphatic hydroxyl groups excluding tert-OH is 1. The standard InChI is InChI=1S/C10H23FN2O/c1-3-9(14)5-7-13-10(4-6-12)8(2)11/h8-10,13-14H,3-7,12H2,1-2H3/t8?,9?,10-/m1/s1. The monoisotopic (exact) mass is 206 g/mol. The molecule has 0 spiro atoms. The van der Waals surface area contributed by atoms with E-state index in [2.05, 4.69) is 5.32 Å². The van der Waals surface area contributed by atoms with Crippen molar-refractivity contribution in [3.8, 4) is 0 Å². The molecule has 0 aliphatic heterocycles. The fourth-order valence-electron chi connectivity index (χ4n) is 1.31. The van der Waals surface area contributed by atoms with Gasteiger partial charge in [0.05, 0.1) is 6.10 Å². The van der Waals surface area contributed by atoms with Gasteiger partial charge in [-0.1, -0.05) is 6.92 Å². The van der Waals surface area contributed by atoms with Crippen LogP contribution in [0.5, 0.6) is 0 Å². The zero-order valence-corrected chi connectivity index (χ0v) is 9.17. The summed E-state index contributed by atoms with van der Waals surface area (Å²) >= 11 is 0. The Morgan fingerprint density at radius 2 is 2.07 bits per heavy atom. The molecule has 3 nitrogen and oxygen atoms in total. The third-order valence-corrected chi connectivity index (χ3v) is 2.39. The van der Waals surface area contributed by atoms with E-state index < -0.39 is 6.17 Å². The van der Waals surface area contributed by atoms with Gasteiger partial charge in [0.15, 0.2) is 0 Å². The Kier molecular flexibility index (Phi) is 8.04. The smallest absolute Gasteiger partial charge is 0.113 e. The number of nitrogens with two attached hydrogens (primary N) is 1. The summed E-state index contributed by atoms with van der Waals surface area (Å²) < 4.78 is 13.0. The molecule has 0 saturated heterocycles. The molecule has 3 atom stereocenters. The summed E-state index contributed by atoms with van der Waals surface area (Å²) in [5, 5.41) is 12.4. The van der Waals surface area contributed by atoms with Crippen molar-refractivity contribution in [2.75, 3.05) is 13.1 Å². The van der Waals surface area contributed by atoms with Gasteiger partial charge in [-0.25, -0.2) is 4.39 Å². The summed E-state index contributed by atoms with van der Waals surface area (Å²) in [6, 6.07) is -0.177. The Morgan fingerprint density at radius 3 is 2.50 bits per heavy atom. The predicted molar refractivity (Wildman–Crippen MR) is 56.9 cm³/mol. The largest absolute Gasteiger partial charge is 0.393 e. The molecule has 4 N–H and O–H groups in total. The van der Waals surface area contributed by atoms with Crippen LogP contribution in [0.1, 0.15) is 33.1 Å². The van der Waals surface area contributed by atoms with Crippen LogP contribution in [-0.4, -0.2) is 36.5 Å². The van der Waals surface area contributed by atoms with Crippen LogP contribution >= 0.6 is 0 Å². The van der Waals surface area contributed by atoms with E-state index in [0.717, 1.165) is 6.42 Å². The van der Waals surface area contributed by atoms with E-state index in [1.165, 1.54) is 6.92 Å². The number of halogens is 1. The van der Waals surface area contributed by atoms with Crippen molar-refractivity contribution < 1.29 is 9.50 Å². The molecule has 0 aliphatic carbocycles. The summed E-state index contributed by atoms with van der Waals surface area (Å²) in [6.07, 6.45) is 0.881. The fraction of sp³-hybridized carbons (Fsp3) is 1.00. The SMILES string of the molecule is CCC(O)CCN[C@H](CCN)C(C)F. The van der Waals surface area contributed by atoms with E-state index in [4.69, 9.17) is 5.73 Å². The Balaban J connectivity index is 3.60. The first-order chi connectivity index (χ1) is 6.61. The highest BCUT2D eigenvalue weighted by atomic mass is 19.1. The maximum Gasteiger partial charge on any atom is 0.113 e. The van der Waals surface area contributed by atoms with Gasteiger partial charge < -0.3 is 16.2 Å². The maximum atomic E-state index is 13.0. The molecule has 0 bridgehead atoms. The molecule has 0 aromatic rings. The number of hydrogen-bond acceptors (Lipinski definition) is 3. The highest BCUT2D eigenvalue weighted by molar-refractivity contribution is 4.73. The van der Waals surface area contributed by atoms with E-state index >= 15 is 0 Å². The molecule has 0 aromatic heterocycles. The quantitative estimate of drug-likeness (QED) is 0.551. The number of nitrogens with one attached hydrogen (secondary N) is 1. The van der Waals surface area contributed by atoms with E-state index in [-0.39, 0.29) is 12.1 Å². The van der Waals surface area contributed by atoms with Crippen molar-refractivity contribution >= 4 is 0 Å². The molecule has 0 saturated carbocycles. The van der Waals surface area contributed by atoms with Crippen molar-refractivity contribution in [2.45, 2.75) is 51.4 Å². The second-order valence-corrected chi connectivity index (χ2v) is 3.67. The Hall–Kier alpha value is -0.190. The van der Waals surface area contributed by atoms with Crippen molar-refractivity contribution in [1.82, 2.24) is 5.32 Å². The van der Waals surface area contributed by atoms with E-state index in [9.17, 15) is 9.50 Å². The van der Waals surface area contributed by atoms with Crippen LogP contribution in [0.2, 0.25) is 0 Å². The molecule has 0 amide bonds. The molecule has 0 radical (unpaired) electrons. The van der Waals surface area contributed by atoms with Gasteiger partial charge in [0.25, 0.3) is 0 Å². The van der Waals surface area contributed by atoms with Gasteiger partial charge in [0.1, 0.15) is 6.17 Å². The lowest BCUT2D eigenvalue weighted by Crippen LogP contribution is -2.39. The fourth-order valence-corrected chi connectivity index (χ4v) is 1.31. The van der Waals surface area contributed by atoms with Crippen molar-refractivity contribution in [3.63, 3.8) is 0 Å². The molecule has 0 aromatic carbocycles. The molecular weight excluding hydrogens is 183 g/mol. The van der Waals surface area contributed by atoms with E-state index in [0.29, 0.717) is 25.9 Å². The predicted octanol–water partition coefficient (Wildman–Crippen LogP) is 0.812. The highest BCUT2D eigenvalue weighted by Crippen LogP contribution is 2.03. The third-order valence-electron chi connectivity index (χ3n) is 2.39. The summed E-state index contributed by atoms with van der Waals surface area (Å²) in [6.45, 7) is 4.60. The molecule has 0 rings (SSSR count). The first-order valence-electron chi connectivity index (χ1n) is 5.37. The Morgan fingerprint density at radius 1 is 1.43 bits per heavy atom. The lowest BCUT2D eigenvalue weighted by Gasteiger charge is -2.20. The maximum absolute atomic E-state index is 13.0. The van der Waals surface area contributed by atoms with E-state index in [1.807, 2.05) is 6.92 Å². The minimum absolute atomic E-state index is 0.177. The molecule has 4 heteroatoms. The number of rotatable bonds is 8. The van der Waals surface area contributed by atoms with Crippen LogP contribution in [0.15, 0.2) is 0 Å². The molecule has 86 valence electrons. The van der Waals surface area contributed by atoms with Gasteiger partial charge in [-0.15, -0.1) is 0 Å². The molecule has 0 heterocycles. The normalized spacial score (nSPS) is 17.8. The lowest BCUT2D eigenvalue weighted by atomic mass is 10.1. The lowest BCUT2D eigenvalue weighted by molar-refractivity contribution is 0.154. The van der Waals surface area contributed by atoms with Crippen LogP contribution in [0.3, 0.4) is 0 Å². The molecular formula is C10H23FN2O. The highest BCUT2D eigenvalue weighted by Gasteiger charge is 2.14. The molecule has 0 fully saturated rings. The van der Waals surface area contributed by atoms with Crippen LogP contribution in [0.4, 0.5) is 4.39 Å². The number of aliphatic hydroxyl groups is 1. The number of alkyl halides is 1. The van der Waals surface area contributed by atoms with Crippen molar-refractivity contribution in [1.29, 1.82) is 0 Å². The van der Waals surface area contributed by atoms with Gasteiger partial charge in [0.2, 0.25) is 0 Å². The first-order valence-corrected chi connectivity index (χ1v) is 5.37. The molecule has 2 unspecified atom stereocenters. The topological polar surface area (TPSA) is 58.3 Å². The zero-order chi connectivity index (χ0) is 11.0. The molecule has 14 heavy (non-hydrogen) atoms. The average molecular weight is 206 g/mol. The summed E-state index contributed by atoms with van der Waals surface area (Å²) in [5.74, 6) is 0. The Labute approximate surface area is 85.9 Å². The summed E-state index contributed by atoms with van der Waals surface area (Å²) in [5.41, 5.74) is 5.37. The van der Waals surface area contributed by atoms with Crippen LogP contribution in [0.25, 0.3) is 0 Å². The van der Waals surface area contributed by atoms with Gasteiger partial charge in [-0.05, 0) is 39.3 Å². The second-order valence-electron chi connectivity index (χ2n) is 3.67. The van der Waals surface area contributed by atoms with Crippen molar-refractivity contribution in [2.24, 2.45) is 5.73 Å². The van der Waals surface area contributed by atoms with Gasteiger partial charge in [-0.3, -0.25) is 0 Å². The zero-order valence-electron chi connectivity index (χ0n) is 9.17. The van der Waals surface area contributed by atoms with Gasteiger partial charge in [0, 0.05) is 6.04 Å². The summed E-state index contributed by atoms with van der Waals surface area (Å²) in [7, 11) is 0. The Bertz CT molecular complexity index is 133. The average Bonchev–Trinajstić information content (AvgIpc) is 2.16. The van der Waals surface area contributed by atoms with Gasteiger partial charge in [-0.2, -0.15) is 0 Å².